The summed E-state index contributed by atoms with van der Waals surface area (Å²) in [6.07, 6.45) is 14.4. The Kier molecular flexibility index (Phi) is 11.6. The van der Waals surface area contributed by atoms with Crippen molar-refractivity contribution in [2.45, 2.75) is 38.8 Å². The van der Waals surface area contributed by atoms with Gasteiger partial charge < -0.3 is 23.9 Å². The Morgan fingerprint density at radius 1 is 0.846 bits per heavy atom. The Morgan fingerprint density at radius 3 is 1.08 bits per heavy atom. The Morgan fingerprint density at radius 2 is 1.08 bits per heavy atom. The van der Waals surface area contributed by atoms with E-state index in [-0.39, 0.29) is 37.7 Å². The smallest absolute Gasteiger partial charge is 0.700 e. The molecule has 0 fully saturated rings. The first kappa shape index (κ1) is 19.2. The summed E-state index contributed by atoms with van der Waals surface area (Å²) in [5.41, 5.74) is 5.83. The van der Waals surface area contributed by atoms with Crippen molar-refractivity contribution in [2.24, 2.45) is 0 Å². The fourth-order valence-corrected chi connectivity index (χ4v) is 3.83. The van der Waals surface area contributed by atoms with Crippen LogP contribution in [0.5, 0.6) is 0 Å². The van der Waals surface area contributed by atoms with Gasteiger partial charge in [-0.05, 0) is 11.1 Å². The maximum atomic E-state index is 7.20. The molecule has 0 amide bonds. The van der Waals surface area contributed by atoms with Gasteiger partial charge in [0, 0.05) is 0 Å². The van der Waals surface area contributed by atoms with Crippen LogP contribution in [-0.2, 0) is 0 Å². The van der Waals surface area contributed by atoms with Crippen LogP contribution in [0.15, 0.2) is 0 Å². The fourth-order valence-electron chi connectivity index (χ4n) is 1.28. The SMILES string of the molecule is [C-]#C[Si](C#[C-])(C(C)C)C(C)C.[Li+].[Li+]. The average molecular weight is 176 g/mol. The molecule has 13 heavy (non-hydrogen) atoms. The van der Waals surface area contributed by atoms with E-state index < -0.39 is 8.07 Å². The summed E-state index contributed by atoms with van der Waals surface area (Å²) in [4.78, 5) is 0. The van der Waals surface area contributed by atoms with Crippen LogP contribution in [0.25, 0.3) is 0 Å². The van der Waals surface area contributed by atoms with E-state index in [4.69, 9.17) is 12.8 Å². The van der Waals surface area contributed by atoms with Gasteiger partial charge in [0.2, 0.25) is 0 Å². The van der Waals surface area contributed by atoms with Crippen molar-refractivity contribution < 1.29 is 37.7 Å². The molecule has 0 aliphatic rings. The first-order valence-corrected chi connectivity index (χ1v) is 6.04. The maximum absolute atomic E-state index is 7.20. The molecule has 0 saturated carbocycles. The molecule has 0 aliphatic carbocycles. The van der Waals surface area contributed by atoms with Crippen molar-refractivity contribution in [3.63, 3.8) is 0 Å². The van der Waals surface area contributed by atoms with Crippen LogP contribution in [0.2, 0.25) is 11.1 Å². The second-order valence-electron chi connectivity index (χ2n) is 3.43. The minimum Gasteiger partial charge on any atom is -0.700 e. The normalized spacial score (nSPS) is 9.54. The van der Waals surface area contributed by atoms with E-state index in [0.29, 0.717) is 11.1 Å². The molecule has 0 aliphatic heterocycles. The molecule has 0 rings (SSSR count). The molecule has 60 valence electrons. The summed E-state index contributed by atoms with van der Waals surface area (Å²) in [6.45, 7) is 8.20. The monoisotopic (exact) mass is 176 g/mol. The fraction of sp³-hybridized carbons (Fsp3) is 0.600. The number of hydrogen-bond acceptors (Lipinski definition) is 0. The molecule has 3 heteroatoms. The molecule has 0 radical (unpaired) electrons. The van der Waals surface area contributed by atoms with Gasteiger partial charge >= 0.3 is 37.7 Å². The van der Waals surface area contributed by atoms with E-state index in [9.17, 15) is 0 Å². The number of rotatable bonds is 2. The molecule has 0 unspecified atom stereocenters. The standard InChI is InChI=1S/C10H14Si.2Li/c1-7-11(8-2,9(3)4)10(5)6;;/h9-10H,3-6H3;;/q-2;2*+1. The largest absolute Gasteiger partial charge is 1.00 e. The van der Waals surface area contributed by atoms with Crippen molar-refractivity contribution in [3.8, 4) is 11.1 Å². The Hall–Kier alpha value is 0.532. The molecule has 0 saturated heterocycles. The zero-order valence-corrected chi connectivity index (χ0v) is 10.7. The Bertz CT molecular complexity index is 184. The average Bonchev–Trinajstić information content (AvgIpc) is 1.90. The second-order valence-corrected chi connectivity index (χ2v) is 7.98. The quantitative estimate of drug-likeness (QED) is 0.233. The van der Waals surface area contributed by atoms with Crippen LogP contribution in [-0.4, -0.2) is 8.07 Å². The minimum atomic E-state index is -2.06. The molecule has 0 aromatic heterocycles. The molecule has 0 spiro atoms. The molecular weight excluding hydrogens is 162 g/mol. The first-order valence-electron chi connectivity index (χ1n) is 3.89. The van der Waals surface area contributed by atoms with E-state index >= 15 is 0 Å². The Labute approximate surface area is 108 Å². The van der Waals surface area contributed by atoms with Gasteiger partial charge in [-0.15, -0.1) is 0 Å². The third kappa shape index (κ3) is 4.05. The van der Waals surface area contributed by atoms with Crippen molar-refractivity contribution in [1.82, 2.24) is 0 Å². The molecule has 0 nitrogen and oxygen atoms in total. The van der Waals surface area contributed by atoms with Crippen molar-refractivity contribution >= 4 is 8.07 Å². The molecule has 0 N–H and O–H groups in total. The maximum Gasteiger partial charge on any atom is 1.00 e. The summed E-state index contributed by atoms with van der Waals surface area (Å²) in [5.74, 6) is 0. The summed E-state index contributed by atoms with van der Waals surface area (Å²) >= 11 is 0. The van der Waals surface area contributed by atoms with Gasteiger partial charge in [0.05, 0.1) is 0 Å². The Balaban J connectivity index is -0.000000500. The summed E-state index contributed by atoms with van der Waals surface area (Å²) < 4.78 is 0. The first-order chi connectivity index (χ1) is 5.01. The van der Waals surface area contributed by atoms with E-state index in [0.717, 1.165) is 0 Å². The molecular formula is C10H14Li2Si. The summed E-state index contributed by atoms with van der Waals surface area (Å²) in [5, 5.41) is 0. The molecule has 0 aromatic carbocycles. The summed E-state index contributed by atoms with van der Waals surface area (Å²) in [7, 11) is -2.06. The van der Waals surface area contributed by atoms with Crippen LogP contribution in [0, 0.1) is 23.9 Å². The van der Waals surface area contributed by atoms with Gasteiger partial charge in [0.15, 0.2) is 0 Å². The predicted octanol–water partition coefficient (Wildman–Crippen LogP) is -3.48. The third-order valence-corrected chi connectivity index (χ3v) is 6.71. The zero-order chi connectivity index (χ0) is 9.07. The van der Waals surface area contributed by atoms with Crippen molar-refractivity contribution in [3.05, 3.63) is 12.8 Å². The second kappa shape index (κ2) is 7.89. The van der Waals surface area contributed by atoms with E-state index in [1.54, 1.807) is 0 Å². The van der Waals surface area contributed by atoms with Gasteiger partial charge in [-0.2, -0.15) is 0 Å². The summed E-state index contributed by atoms with van der Waals surface area (Å²) in [6, 6.07) is 0. The predicted molar refractivity (Wildman–Crippen MR) is 50.2 cm³/mol. The minimum absolute atomic E-state index is 0. The van der Waals surface area contributed by atoms with E-state index in [2.05, 4.69) is 38.8 Å². The molecule has 0 bridgehead atoms. The van der Waals surface area contributed by atoms with E-state index in [1.165, 1.54) is 0 Å². The topological polar surface area (TPSA) is 0 Å². The van der Waals surface area contributed by atoms with Crippen LogP contribution >= 0.6 is 0 Å². The van der Waals surface area contributed by atoms with E-state index in [1.807, 2.05) is 0 Å². The van der Waals surface area contributed by atoms with Crippen LogP contribution in [0.3, 0.4) is 0 Å². The van der Waals surface area contributed by atoms with Gasteiger partial charge in [-0.25, -0.2) is 0 Å². The van der Waals surface area contributed by atoms with Crippen molar-refractivity contribution in [2.75, 3.05) is 0 Å². The van der Waals surface area contributed by atoms with Gasteiger partial charge in [-0.1, -0.05) is 27.7 Å². The van der Waals surface area contributed by atoms with Crippen molar-refractivity contribution in [1.29, 1.82) is 0 Å². The third-order valence-electron chi connectivity index (χ3n) is 2.24. The molecule has 0 heterocycles. The molecule has 0 aromatic rings. The van der Waals surface area contributed by atoms with Crippen LogP contribution in [0.1, 0.15) is 27.7 Å². The molecule has 0 atom stereocenters. The van der Waals surface area contributed by atoms with Gasteiger partial charge in [-0.3, -0.25) is 0 Å². The van der Waals surface area contributed by atoms with Crippen LogP contribution < -0.4 is 37.7 Å². The van der Waals surface area contributed by atoms with Gasteiger partial charge in [0.25, 0.3) is 0 Å². The number of hydrogen-bond donors (Lipinski definition) is 0. The zero-order valence-electron chi connectivity index (χ0n) is 9.65. The van der Waals surface area contributed by atoms with Gasteiger partial charge in [0.1, 0.15) is 8.07 Å². The van der Waals surface area contributed by atoms with Crippen LogP contribution in [0.4, 0.5) is 0 Å².